The average molecular weight is 363 g/mol. The molecule has 25 heavy (non-hydrogen) atoms. The van der Waals surface area contributed by atoms with Crippen LogP contribution in [0.1, 0.15) is 22.3 Å². The molecule has 0 aromatic heterocycles. The molecule has 5 nitrogen and oxygen atoms in total. The van der Waals surface area contributed by atoms with Crippen molar-refractivity contribution in [2.24, 2.45) is 0 Å². The molecule has 0 atom stereocenters. The van der Waals surface area contributed by atoms with Gasteiger partial charge in [-0.25, -0.2) is 4.39 Å². The number of carbonyl (C=O) groups excluding carboxylic acids is 2. The SMILES string of the molecule is O=C1CCc2cc(OCCNC(=O)c3ccc(Cl)cc3F)ccc2N1. The fourth-order valence-electron chi connectivity index (χ4n) is 2.55. The molecule has 0 bridgehead atoms. The standard InChI is InChI=1S/C18H16ClFN2O3/c19-12-2-4-14(15(20)10-12)18(24)21-7-8-25-13-3-5-16-11(9-13)1-6-17(23)22-16/h2-5,9-10H,1,6-8H2,(H,21,24)(H,22,23). The van der Waals surface area contributed by atoms with Crippen LogP contribution in [-0.2, 0) is 11.2 Å². The van der Waals surface area contributed by atoms with Crippen LogP contribution in [0.3, 0.4) is 0 Å². The van der Waals surface area contributed by atoms with Crippen LogP contribution in [0.2, 0.25) is 5.02 Å². The second-order valence-corrected chi connectivity index (χ2v) is 6.03. The monoisotopic (exact) mass is 362 g/mol. The van der Waals surface area contributed by atoms with Crippen molar-refractivity contribution in [3.05, 3.63) is 58.4 Å². The number of fused-ring (bicyclic) bond motifs is 1. The summed E-state index contributed by atoms with van der Waals surface area (Å²) >= 11 is 5.66. The zero-order chi connectivity index (χ0) is 17.8. The molecule has 0 fully saturated rings. The summed E-state index contributed by atoms with van der Waals surface area (Å²) in [7, 11) is 0. The van der Waals surface area contributed by atoms with Gasteiger partial charge in [-0.15, -0.1) is 0 Å². The van der Waals surface area contributed by atoms with E-state index in [1.807, 2.05) is 6.07 Å². The van der Waals surface area contributed by atoms with Crippen molar-refractivity contribution in [2.75, 3.05) is 18.5 Å². The summed E-state index contributed by atoms with van der Waals surface area (Å²) in [4.78, 5) is 23.2. The number of nitrogens with one attached hydrogen (secondary N) is 2. The zero-order valence-corrected chi connectivity index (χ0v) is 14.0. The zero-order valence-electron chi connectivity index (χ0n) is 13.3. The van der Waals surface area contributed by atoms with E-state index < -0.39 is 11.7 Å². The third-order valence-corrected chi connectivity index (χ3v) is 4.04. The number of amides is 2. The predicted molar refractivity (Wildman–Crippen MR) is 92.6 cm³/mol. The van der Waals surface area contributed by atoms with Crippen molar-refractivity contribution in [1.82, 2.24) is 5.32 Å². The molecule has 2 aromatic carbocycles. The molecule has 0 radical (unpaired) electrons. The van der Waals surface area contributed by atoms with Crippen molar-refractivity contribution in [1.29, 1.82) is 0 Å². The Morgan fingerprint density at radius 1 is 1.24 bits per heavy atom. The van der Waals surface area contributed by atoms with Crippen LogP contribution < -0.4 is 15.4 Å². The molecule has 2 amide bonds. The Morgan fingerprint density at radius 3 is 2.88 bits per heavy atom. The number of rotatable bonds is 5. The Labute approximate surface area is 149 Å². The summed E-state index contributed by atoms with van der Waals surface area (Å²) in [6.07, 6.45) is 1.13. The smallest absolute Gasteiger partial charge is 0.254 e. The average Bonchev–Trinajstić information content (AvgIpc) is 2.58. The van der Waals surface area contributed by atoms with Gasteiger partial charge in [-0.3, -0.25) is 9.59 Å². The molecule has 0 saturated carbocycles. The Hall–Kier alpha value is -2.60. The number of hydrogen-bond donors (Lipinski definition) is 2. The molecule has 2 N–H and O–H groups in total. The molecule has 0 saturated heterocycles. The van der Waals surface area contributed by atoms with E-state index in [-0.39, 0.29) is 29.6 Å². The maximum absolute atomic E-state index is 13.7. The molecule has 2 aromatic rings. The van der Waals surface area contributed by atoms with Crippen molar-refractivity contribution in [3.63, 3.8) is 0 Å². The summed E-state index contributed by atoms with van der Waals surface area (Å²) in [5.74, 6) is -0.520. The highest BCUT2D eigenvalue weighted by Gasteiger charge is 2.15. The first-order chi connectivity index (χ1) is 12.0. The van der Waals surface area contributed by atoms with E-state index >= 15 is 0 Å². The van der Waals surface area contributed by atoms with Crippen molar-refractivity contribution in [2.45, 2.75) is 12.8 Å². The number of anilines is 1. The van der Waals surface area contributed by atoms with Crippen LogP contribution in [0.25, 0.3) is 0 Å². The van der Waals surface area contributed by atoms with Crippen LogP contribution in [0, 0.1) is 5.82 Å². The van der Waals surface area contributed by atoms with Gasteiger partial charge in [0.15, 0.2) is 0 Å². The lowest BCUT2D eigenvalue weighted by Crippen LogP contribution is -2.28. The molecule has 0 aliphatic carbocycles. The van der Waals surface area contributed by atoms with E-state index in [4.69, 9.17) is 16.3 Å². The fourth-order valence-corrected chi connectivity index (χ4v) is 2.71. The first-order valence-electron chi connectivity index (χ1n) is 7.82. The molecule has 0 spiro atoms. The van der Waals surface area contributed by atoms with E-state index in [0.717, 1.165) is 17.3 Å². The van der Waals surface area contributed by atoms with Crippen LogP contribution in [-0.4, -0.2) is 25.0 Å². The van der Waals surface area contributed by atoms with E-state index in [1.165, 1.54) is 12.1 Å². The van der Waals surface area contributed by atoms with Gasteiger partial charge in [-0.2, -0.15) is 0 Å². The van der Waals surface area contributed by atoms with Crippen LogP contribution in [0.4, 0.5) is 10.1 Å². The third-order valence-electron chi connectivity index (χ3n) is 3.80. The van der Waals surface area contributed by atoms with E-state index in [9.17, 15) is 14.0 Å². The quantitative estimate of drug-likeness (QED) is 0.803. The Bertz CT molecular complexity index is 826. The Balaban J connectivity index is 1.50. The summed E-state index contributed by atoms with van der Waals surface area (Å²) in [6.45, 7) is 0.473. The van der Waals surface area contributed by atoms with Crippen molar-refractivity contribution in [3.8, 4) is 5.75 Å². The number of aryl methyl sites for hydroxylation is 1. The van der Waals surface area contributed by atoms with Crippen LogP contribution in [0.15, 0.2) is 36.4 Å². The number of hydrogen-bond acceptors (Lipinski definition) is 3. The normalized spacial score (nSPS) is 13.0. The lowest BCUT2D eigenvalue weighted by molar-refractivity contribution is -0.116. The Morgan fingerprint density at radius 2 is 2.08 bits per heavy atom. The Kier molecular flexibility index (Phi) is 5.19. The highest BCUT2D eigenvalue weighted by atomic mass is 35.5. The molecule has 3 rings (SSSR count). The minimum Gasteiger partial charge on any atom is -0.492 e. The molecule has 1 heterocycles. The van der Waals surface area contributed by atoms with Gasteiger partial charge in [0.2, 0.25) is 5.91 Å². The predicted octanol–water partition coefficient (Wildman–Crippen LogP) is 3.17. The minimum absolute atomic E-state index is 0.0123. The highest BCUT2D eigenvalue weighted by Crippen LogP contribution is 2.26. The van der Waals surface area contributed by atoms with Gasteiger partial charge in [-0.1, -0.05) is 11.6 Å². The second-order valence-electron chi connectivity index (χ2n) is 5.60. The van der Waals surface area contributed by atoms with E-state index in [2.05, 4.69) is 10.6 Å². The molecule has 130 valence electrons. The number of benzene rings is 2. The van der Waals surface area contributed by atoms with Crippen molar-refractivity contribution < 1.29 is 18.7 Å². The molecule has 1 aliphatic heterocycles. The van der Waals surface area contributed by atoms with Gasteiger partial charge < -0.3 is 15.4 Å². The molecular formula is C18H16ClFN2O3. The van der Waals surface area contributed by atoms with Gasteiger partial charge in [0.25, 0.3) is 5.91 Å². The van der Waals surface area contributed by atoms with E-state index in [1.54, 1.807) is 12.1 Å². The minimum atomic E-state index is -0.664. The van der Waals surface area contributed by atoms with Gasteiger partial charge in [0.05, 0.1) is 12.1 Å². The maximum atomic E-state index is 13.7. The van der Waals surface area contributed by atoms with Crippen LogP contribution in [0.5, 0.6) is 5.75 Å². The summed E-state index contributed by atoms with van der Waals surface area (Å²) in [5.41, 5.74) is 1.76. The third kappa shape index (κ3) is 4.28. The van der Waals surface area contributed by atoms with Crippen molar-refractivity contribution >= 4 is 29.1 Å². The van der Waals surface area contributed by atoms with Gasteiger partial charge in [0.1, 0.15) is 18.2 Å². The van der Waals surface area contributed by atoms with E-state index in [0.29, 0.717) is 18.6 Å². The van der Waals surface area contributed by atoms with Gasteiger partial charge >= 0.3 is 0 Å². The summed E-state index contributed by atoms with van der Waals surface area (Å²) in [5, 5.41) is 5.63. The largest absolute Gasteiger partial charge is 0.492 e. The van der Waals surface area contributed by atoms with Gasteiger partial charge in [-0.05, 0) is 48.4 Å². The first-order valence-corrected chi connectivity index (χ1v) is 8.19. The van der Waals surface area contributed by atoms with Gasteiger partial charge in [0, 0.05) is 17.1 Å². The topological polar surface area (TPSA) is 67.4 Å². The highest BCUT2D eigenvalue weighted by molar-refractivity contribution is 6.30. The number of carbonyl (C=O) groups is 2. The second kappa shape index (κ2) is 7.53. The molecule has 0 unspecified atom stereocenters. The molecule has 7 heteroatoms. The molecular weight excluding hydrogens is 347 g/mol. The fraction of sp³-hybridized carbons (Fsp3) is 0.222. The number of halogens is 2. The summed E-state index contributed by atoms with van der Waals surface area (Å²) in [6, 6.07) is 9.32. The maximum Gasteiger partial charge on any atom is 0.254 e. The lowest BCUT2D eigenvalue weighted by Gasteiger charge is -2.17. The lowest BCUT2D eigenvalue weighted by atomic mass is 10.0. The summed E-state index contributed by atoms with van der Waals surface area (Å²) < 4.78 is 19.2. The molecule has 1 aliphatic rings. The number of ether oxygens (including phenoxy) is 1. The van der Waals surface area contributed by atoms with Crippen LogP contribution >= 0.6 is 11.6 Å². The first kappa shape index (κ1) is 17.2.